The minimum atomic E-state index is -3.77. The zero-order chi connectivity index (χ0) is 20.5. The molecule has 0 saturated carbocycles. The van der Waals surface area contributed by atoms with Crippen molar-refractivity contribution < 1.29 is 21.6 Å². The molecule has 0 bridgehead atoms. The van der Waals surface area contributed by atoms with Gasteiger partial charge in [0.05, 0.1) is 9.79 Å². The normalized spacial score (nSPS) is 18.1. The van der Waals surface area contributed by atoms with Gasteiger partial charge in [0.15, 0.2) is 9.84 Å². The topological polar surface area (TPSA) is 101 Å². The number of rotatable bonds is 5. The molecule has 3 rings (SSSR count). The standard InChI is InChI=1S/C19H22N2O5S2/c1-14-5-9-17(10-6-14)28(25,26)21-13-3-4-18(21)19(22)20-15-7-11-16(12-8-15)27(2,23)24/h5-12,18H,3-4,13H2,1-2H3,(H,20,22)/t18-/m0/s1. The maximum absolute atomic E-state index is 12.9. The molecule has 2 aromatic carbocycles. The molecule has 0 unspecified atom stereocenters. The molecule has 7 nitrogen and oxygen atoms in total. The fourth-order valence-electron chi connectivity index (χ4n) is 3.15. The average Bonchev–Trinajstić information content (AvgIpc) is 3.12. The van der Waals surface area contributed by atoms with E-state index < -0.39 is 31.8 Å². The van der Waals surface area contributed by atoms with Crippen LogP contribution >= 0.6 is 0 Å². The lowest BCUT2D eigenvalue weighted by atomic mass is 10.2. The molecule has 150 valence electrons. The summed E-state index contributed by atoms with van der Waals surface area (Å²) in [5.74, 6) is -0.430. The second-order valence-electron chi connectivity index (χ2n) is 6.87. The lowest BCUT2D eigenvalue weighted by Crippen LogP contribution is -2.43. The van der Waals surface area contributed by atoms with E-state index in [1.165, 1.54) is 28.6 Å². The first kappa shape index (κ1) is 20.5. The molecule has 9 heteroatoms. The van der Waals surface area contributed by atoms with Crippen molar-refractivity contribution in [3.63, 3.8) is 0 Å². The number of anilines is 1. The van der Waals surface area contributed by atoms with Crippen molar-refractivity contribution in [2.75, 3.05) is 18.1 Å². The van der Waals surface area contributed by atoms with Crippen molar-refractivity contribution in [2.24, 2.45) is 0 Å². The Morgan fingerprint density at radius 1 is 0.964 bits per heavy atom. The van der Waals surface area contributed by atoms with Gasteiger partial charge < -0.3 is 5.32 Å². The fourth-order valence-corrected chi connectivity index (χ4v) is 5.43. The van der Waals surface area contributed by atoms with Crippen molar-refractivity contribution in [1.82, 2.24) is 4.31 Å². The van der Waals surface area contributed by atoms with Crippen LogP contribution in [0.3, 0.4) is 0 Å². The highest BCUT2D eigenvalue weighted by atomic mass is 32.2. The third-order valence-electron chi connectivity index (χ3n) is 4.68. The van der Waals surface area contributed by atoms with E-state index in [1.54, 1.807) is 24.3 Å². The lowest BCUT2D eigenvalue weighted by molar-refractivity contribution is -0.119. The van der Waals surface area contributed by atoms with E-state index in [0.717, 1.165) is 11.8 Å². The fraction of sp³-hybridized carbons (Fsp3) is 0.316. The summed E-state index contributed by atoms with van der Waals surface area (Å²) in [6, 6.07) is 11.5. The van der Waals surface area contributed by atoms with Gasteiger partial charge in [-0.2, -0.15) is 4.31 Å². The number of aryl methyl sites for hydroxylation is 1. The van der Waals surface area contributed by atoms with Crippen LogP contribution < -0.4 is 5.32 Å². The highest BCUT2D eigenvalue weighted by Gasteiger charge is 2.39. The second-order valence-corrected chi connectivity index (χ2v) is 10.8. The quantitative estimate of drug-likeness (QED) is 0.796. The summed E-state index contributed by atoms with van der Waals surface area (Å²) in [4.78, 5) is 13.0. The minimum absolute atomic E-state index is 0.148. The number of hydrogen-bond donors (Lipinski definition) is 1. The van der Waals surface area contributed by atoms with Crippen LogP contribution in [0.4, 0.5) is 5.69 Å². The molecule has 28 heavy (non-hydrogen) atoms. The molecule has 0 radical (unpaired) electrons. The summed E-state index contributed by atoms with van der Waals surface area (Å²) in [7, 11) is -7.10. The molecular formula is C19H22N2O5S2. The number of sulfonamides is 1. The SMILES string of the molecule is Cc1ccc(S(=O)(=O)N2CCC[C@H]2C(=O)Nc2ccc(S(C)(=O)=O)cc2)cc1. The zero-order valence-electron chi connectivity index (χ0n) is 15.6. The maximum atomic E-state index is 12.9. The number of amides is 1. The summed E-state index contributed by atoms with van der Waals surface area (Å²) in [6.07, 6.45) is 2.13. The Bertz CT molecular complexity index is 1080. The van der Waals surface area contributed by atoms with E-state index in [-0.39, 0.29) is 16.3 Å². The first-order valence-corrected chi connectivity index (χ1v) is 12.1. The molecular weight excluding hydrogens is 400 g/mol. The van der Waals surface area contributed by atoms with Gasteiger partial charge in [-0.25, -0.2) is 16.8 Å². The predicted molar refractivity (Wildman–Crippen MR) is 106 cm³/mol. The van der Waals surface area contributed by atoms with Gasteiger partial charge in [-0.3, -0.25) is 4.79 Å². The molecule has 1 heterocycles. The van der Waals surface area contributed by atoms with Gasteiger partial charge in [0, 0.05) is 18.5 Å². The molecule has 1 fully saturated rings. The molecule has 1 atom stereocenters. The van der Waals surface area contributed by atoms with E-state index >= 15 is 0 Å². The van der Waals surface area contributed by atoms with Crippen molar-refractivity contribution in [1.29, 1.82) is 0 Å². The monoisotopic (exact) mass is 422 g/mol. The van der Waals surface area contributed by atoms with Gasteiger partial charge in [0.25, 0.3) is 0 Å². The molecule has 1 amide bonds. The van der Waals surface area contributed by atoms with Gasteiger partial charge in [-0.05, 0) is 56.2 Å². The van der Waals surface area contributed by atoms with Crippen molar-refractivity contribution >= 4 is 31.5 Å². The van der Waals surface area contributed by atoms with Crippen LogP contribution in [0.2, 0.25) is 0 Å². The Kier molecular flexibility index (Phi) is 5.60. The molecule has 1 aliphatic rings. The first-order valence-electron chi connectivity index (χ1n) is 8.78. The number of benzene rings is 2. The number of hydrogen-bond acceptors (Lipinski definition) is 5. The van der Waals surface area contributed by atoms with Gasteiger partial charge in [-0.1, -0.05) is 17.7 Å². The van der Waals surface area contributed by atoms with Gasteiger partial charge in [0.1, 0.15) is 6.04 Å². The number of carbonyl (C=O) groups excluding carboxylic acids is 1. The molecule has 1 saturated heterocycles. The maximum Gasteiger partial charge on any atom is 0.243 e. The summed E-state index contributed by atoms with van der Waals surface area (Å²) < 4.78 is 50.2. The van der Waals surface area contributed by atoms with Crippen LogP contribution in [0.5, 0.6) is 0 Å². The molecule has 0 aromatic heterocycles. The largest absolute Gasteiger partial charge is 0.325 e. The number of nitrogens with one attached hydrogen (secondary N) is 1. The van der Waals surface area contributed by atoms with Crippen molar-refractivity contribution in [2.45, 2.75) is 35.6 Å². The molecule has 1 N–H and O–H groups in total. The Hall–Kier alpha value is -2.23. The van der Waals surface area contributed by atoms with Crippen LogP contribution in [0.1, 0.15) is 18.4 Å². The van der Waals surface area contributed by atoms with Crippen LogP contribution in [0.25, 0.3) is 0 Å². The molecule has 0 spiro atoms. The average molecular weight is 423 g/mol. The molecule has 0 aliphatic carbocycles. The van der Waals surface area contributed by atoms with E-state index in [2.05, 4.69) is 5.32 Å². The third kappa shape index (κ3) is 4.26. The van der Waals surface area contributed by atoms with E-state index in [0.29, 0.717) is 18.5 Å². The Labute approximate surface area is 165 Å². The zero-order valence-corrected chi connectivity index (χ0v) is 17.3. The van der Waals surface area contributed by atoms with Crippen molar-refractivity contribution in [3.05, 3.63) is 54.1 Å². The van der Waals surface area contributed by atoms with Crippen molar-refractivity contribution in [3.8, 4) is 0 Å². The van der Waals surface area contributed by atoms with E-state index in [1.807, 2.05) is 6.92 Å². The first-order chi connectivity index (χ1) is 13.1. The predicted octanol–water partition coefficient (Wildman–Crippen LogP) is 2.19. The van der Waals surface area contributed by atoms with E-state index in [4.69, 9.17) is 0 Å². The highest BCUT2D eigenvalue weighted by Crippen LogP contribution is 2.27. The summed E-state index contributed by atoms with van der Waals surface area (Å²) in [5.41, 5.74) is 1.36. The minimum Gasteiger partial charge on any atom is -0.325 e. The van der Waals surface area contributed by atoms with Crippen LogP contribution in [-0.2, 0) is 24.7 Å². The second kappa shape index (κ2) is 7.65. The highest BCUT2D eigenvalue weighted by molar-refractivity contribution is 7.90. The number of carbonyl (C=O) groups is 1. The lowest BCUT2D eigenvalue weighted by Gasteiger charge is -2.23. The third-order valence-corrected chi connectivity index (χ3v) is 7.73. The number of nitrogens with zero attached hydrogens (tertiary/aromatic N) is 1. The summed E-state index contributed by atoms with van der Waals surface area (Å²) >= 11 is 0. The Morgan fingerprint density at radius 2 is 1.54 bits per heavy atom. The smallest absolute Gasteiger partial charge is 0.243 e. The Balaban J connectivity index is 1.78. The molecule has 2 aromatic rings. The van der Waals surface area contributed by atoms with Crippen LogP contribution in [0.15, 0.2) is 58.3 Å². The number of sulfone groups is 1. The van der Waals surface area contributed by atoms with Crippen LogP contribution in [-0.4, -0.2) is 45.9 Å². The van der Waals surface area contributed by atoms with Crippen LogP contribution in [0, 0.1) is 6.92 Å². The van der Waals surface area contributed by atoms with Gasteiger partial charge in [0.2, 0.25) is 15.9 Å². The van der Waals surface area contributed by atoms with Gasteiger partial charge in [-0.15, -0.1) is 0 Å². The van der Waals surface area contributed by atoms with Gasteiger partial charge >= 0.3 is 0 Å². The summed E-state index contributed by atoms with van der Waals surface area (Å²) in [6.45, 7) is 2.15. The Morgan fingerprint density at radius 3 is 2.11 bits per heavy atom. The summed E-state index contributed by atoms with van der Waals surface area (Å²) in [5, 5.41) is 2.69. The molecule has 1 aliphatic heterocycles. The van der Waals surface area contributed by atoms with E-state index in [9.17, 15) is 21.6 Å².